The average molecular weight is 345 g/mol. The number of hydrogen-bond donors (Lipinski definition) is 0. The molecular weight excluding hydrogens is 325 g/mol. The predicted molar refractivity (Wildman–Crippen MR) is 107 cm³/mol. The molecule has 0 saturated heterocycles. The molecule has 3 heteroatoms. The lowest BCUT2D eigenvalue weighted by Crippen LogP contribution is -2.18. The zero-order valence-electron chi connectivity index (χ0n) is 14.0. The molecule has 0 fully saturated rings. The van der Waals surface area contributed by atoms with Gasteiger partial charge < -0.3 is 4.74 Å². The van der Waals surface area contributed by atoms with E-state index < -0.39 is 7.92 Å². The van der Waals surface area contributed by atoms with Gasteiger partial charge in [-0.15, -0.1) is 0 Å². The summed E-state index contributed by atoms with van der Waals surface area (Å²) in [6.07, 6.45) is 0.854. The van der Waals surface area contributed by atoms with Crippen LogP contribution in [0.25, 0.3) is 0 Å². The molecule has 1 aliphatic heterocycles. The summed E-state index contributed by atoms with van der Waals surface area (Å²) in [4.78, 5) is 4.86. The van der Waals surface area contributed by atoms with Gasteiger partial charge in [-0.2, -0.15) is 0 Å². The fourth-order valence-corrected chi connectivity index (χ4v) is 5.21. The molecule has 0 spiro atoms. The Morgan fingerprint density at radius 3 is 1.84 bits per heavy atom. The maximum atomic E-state index is 5.96. The number of aliphatic imine (C=N–C) groups is 1. The van der Waals surface area contributed by atoms with Crippen LogP contribution in [-0.4, -0.2) is 18.7 Å². The van der Waals surface area contributed by atoms with Crippen molar-refractivity contribution in [1.82, 2.24) is 0 Å². The van der Waals surface area contributed by atoms with E-state index >= 15 is 0 Å². The van der Waals surface area contributed by atoms with Crippen molar-refractivity contribution in [2.24, 2.45) is 4.99 Å². The van der Waals surface area contributed by atoms with Crippen LogP contribution in [0.4, 0.5) is 0 Å². The molecule has 1 aliphatic rings. The molecule has 25 heavy (non-hydrogen) atoms. The summed E-state index contributed by atoms with van der Waals surface area (Å²) >= 11 is 0. The highest BCUT2D eigenvalue weighted by Gasteiger charge is 2.24. The number of ether oxygens (including phenoxy) is 1. The van der Waals surface area contributed by atoms with Gasteiger partial charge in [0.2, 0.25) is 0 Å². The van der Waals surface area contributed by atoms with Gasteiger partial charge in [0.15, 0.2) is 5.90 Å². The monoisotopic (exact) mass is 345 g/mol. The minimum absolute atomic E-state index is 0.125. The minimum atomic E-state index is -0.506. The molecule has 3 aromatic carbocycles. The van der Waals surface area contributed by atoms with Crippen LogP contribution in [0.5, 0.6) is 0 Å². The number of nitrogens with zero attached hydrogens (tertiary/aromatic N) is 1. The van der Waals surface area contributed by atoms with E-state index in [0.717, 1.165) is 12.1 Å². The number of hydrogen-bond acceptors (Lipinski definition) is 2. The van der Waals surface area contributed by atoms with Crippen LogP contribution in [0, 0.1) is 0 Å². The van der Waals surface area contributed by atoms with Crippen molar-refractivity contribution in [2.45, 2.75) is 6.04 Å². The van der Waals surface area contributed by atoms with Crippen molar-refractivity contribution in [1.29, 1.82) is 0 Å². The third-order valence-electron chi connectivity index (χ3n) is 4.32. The van der Waals surface area contributed by atoms with Gasteiger partial charge in [-0.1, -0.05) is 91.0 Å². The first-order chi connectivity index (χ1) is 12.4. The minimum Gasteiger partial charge on any atom is -0.478 e. The van der Waals surface area contributed by atoms with Crippen LogP contribution in [-0.2, 0) is 4.74 Å². The van der Waals surface area contributed by atoms with Gasteiger partial charge in [-0.05, 0) is 24.1 Å². The zero-order chi connectivity index (χ0) is 16.9. The van der Waals surface area contributed by atoms with Crippen LogP contribution >= 0.6 is 7.92 Å². The van der Waals surface area contributed by atoms with Crippen molar-refractivity contribution < 1.29 is 4.74 Å². The maximum absolute atomic E-state index is 5.96. The Kier molecular flexibility index (Phi) is 4.90. The van der Waals surface area contributed by atoms with E-state index in [-0.39, 0.29) is 6.04 Å². The molecule has 2 nitrogen and oxygen atoms in total. The molecule has 0 saturated carbocycles. The van der Waals surface area contributed by atoms with Crippen molar-refractivity contribution >= 4 is 24.4 Å². The highest BCUT2D eigenvalue weighted by molar-refractivity contribution is 7.73. The van der Waals surface area contributed by atoms with Crippen LogP contribution in [0.15, 0.2) is 96.0 Å². The van der Waals surface area contributed by atoms with Crippen molar-refractivity contribution in [2.75, 3.05) is 12.8 Å². The second kappa shape index (κ2) is 7.63. The van der Waals surface area contributed by atoms with Gasteiger partial charge in [0.05, 0.1) is 6.16 Å². The Bertz CT molecular complexity index is 794. The number of benzene rings is 3. The molecule has 0 N–H and O–H groups in total. The van der Waals surface area contributed by atoms with E-state index in [1.165, 1.54) is 16.2 Å². The quantitative estimate of drug-likeness (QED) is 0.632. The Balaban J connectivity index is 1.59. The predicted octanol–water partition coefficient (Wildman–Crippen LogP) is 4.29. The summed E-state index contributed by atoms with van der Waals surface area (Å²) in [6.45, 7) is 0.645. The van der Waals surface area contributed by atoms with E-state index in [1.807, 2.05) is 6.07 Å². The first kappa shape index (κ1) is 16.1. The van der Waals surface area contributed by atoms with Gasteiger partial charge in [0, 0.05) is 0 Å². The topological polar surface area (TPSA) is 21.6 Å². The van der Waals surface area contributed by atoms with E-state index in [2.05, 4.69) is 84.9 Å². The molecular formula is C22H20NOP. The SMILES string of the molecule is c1ccc(C2COC(CP(c3ccccc3)c3ccccc3)=N2)cc1. The van der Waals surface area contributed by atoms with E-state index in [1.54, 1.807) is 0 Å². The molecule has 0 radical (unpaired) electrons. The first-order valence-electron chi connectivity index (χ1n) is 8.52. The maximum Gasteiger partial charge on any atom is 0.189 e. The van der Waals surface area contributed by atoms with Crippen LogP contribution in [0.3, 0.4) is 0 Å². The van der Waals surface area contributed by atoms with E-state index in [9.17, 15) is 0 Å². The fourth-order valence-electron chi connectivity index (χ4n) is 3.04. The summed E-state index contributed by atoms with van der Waals surface area (Å²) in [6, 6.07) is 31.9. The molecule has 1 heterocycles. The van der Waals surface area contributed by atoms with Crippen LogP contribution < -0.4 is 10.6 Å². The lowest BCUT2D eigenvalue weighted by Gasteiger charge is -2.18. The number of rotatable bonds is 5. The first-order valence-corrected chi connectivity index (χ1v) is 10.0. The molecule has 4 rings (SSSR count). The Labute approximate surface area is 150 Å². The molecule has 0 bridgehead atoms. The summed E-state index contributed by atoms with van der Waals surface area (Å²) in [5.41, 5.74) is 1.22. The molecule has 0 aliphatic carbocycles. The van der Waals surface area contributed by atoms with Gasteiger partial charge in [0.1, 0.15) is 12.6 Å². The smallest absolute Gasteiger partial charge is 0.189 e. The molecule has 0 amide bonds. The Morgan fingerprint density at radius 1 is 0.760 bits per heavy atom. The molecule has 3 aromatic rings. The zero-order valence-corrected chi connectivity index (χ0v) is 14.8. The normalized spacial score (nSPS) is 16.5. The lowest BCUT2D eigenvalue weighted by atomic mass is 10.1. The lowest BCUT2D eigenvalue weighted by molar-refractivity contribution is 0.317. The molecule has 124 valence electrons. The van der Waals surface area contributed by atoms with Crippen LogP contribution in [0.2, 0.25) is 0 Å². The fraction of sp³-hybridized carbons (Fsp3) is 0.136. The molecule has 1 atom stereocenters. The third-order valence-corrected chi connectivity index (χ3v) is 6.75. The average Bonchev–Trinajstić information content (AvgIpc) is 3.17. The summed E-state index contributed by atoms with van der Waals surface area (Å²) in [7, 11) is -0.506. The highest BCUT2D eigenvalue weighted by atomic mass is 31.1. The van der Waals surface area contributed by atoms with Gasteiger partial charge in [0.25, 0.3) is 0 Å². The van der Waals surface area contributed by atoms with E-state index in [4.69, 9.17) is 9.73 Å². The largest absolute Gasteiger partial charge is 0.478 e. The highest BCUT2D eigenvalue weighted by Crippen LogP contribution is 2.35. The van der Waals surface area contributed by atoms with Crippen molar-refractivity contribution in [3.05, 3.63) is 96.6 Å². The van der Waals surface area contributed by atoms with Gasteiger partial charge >= 0.3 is 0 Å². The van der Waals surface area contributed by atoms with Crippen molar-refractivity contribution in [3.63, 3.8) is 0 Å². The summed E-state index contributed by atoms with van der Waals surface area (Å²) in [5, 5.41) is 2.72. The Morgan fingerprint density at radius 2 is 1.28 bits per heavy atom. The Hall–Kier alpha value is -2.44. The van der Waals surface area contributed by atoms with Crippen LogP contribution in [0.1, 0.15) is 11.6 Å². The standard InChI is InChI=1S/C22H20NOP/c1-4-10-18(11-5-1)21-16-24-22(23-21)17-25(19-12-6-2-7-13-19)20-14-8-3-9-15-20/h1-15,21H,16-17H2. The van der Waals surface area contributed by atoms with Gasteiger partial charge in [-0.25, -0.2) is 4.99 Å². The van der Waals surface area contributed by atoms with Gasteiger partial charge in [-0.3, -0.25) is 0 Å². The van der Waals surface area contributed by atoms with Crippen molar-refractivity contribution in [3.8, 4) is 0 Å². The summed E-state index contributed by atoms with van der Waals surface area (Å²) in [5.74, 6) is 0.882. The van der Waals surface area contributed by atoms with E-state index in [0.29, 0.717) is 6.61 Å². The molecule has 0 aromatic heterocycles. The second-order valence-electron chi connectivity index (χ2n) is 6.02. The summed E-state index contributed by atoms with van der Waals surface area (Å²) < 4.78 is 5.96. The second-order valence-corrected chi connectivity index (χ2v) is 8.22. The molecule has 1 unspecified atom stereocenters. The third kappa shape index (κ3) is 3.81.